The molecule has 1 amide bonds. The van der Waals surface area contributed by atoms with Crippen molar-refractivity contribution in [2.75, 3.05) is 6.54 Å². The predicted molar refractivity (Wildman–Crippen MR) is 119 cm³/mol. The van der Waals surface area contributed by atoms with E-state index in [0.29, 0.717) is 18.6 Å². The maximum absolute atomic E-state index is 13.2. The largest absolute Gasteiger partial charge is 0.354 e. The smallest absolute Gasteiger partial charge is 0.273 e. The van der Waals surface area contributed by atoms with Gasteiger partial charge in [-0.2, -0.15) is 4.98 Å². The van der Waals surface area contributed by atoms with E-state index in [4.69, 9.17) is 0 Å². The molecule has 6 nitrogen and oxygen atoms in total. The summed E-state index contributed by atoms with van der Waals surface area (Å²) in [6.07, 6.45) is 0.616. The van der Waals surface area contributed by atoms with Crippen LogP contribution >= 0.6 is 0 Å². The van der Waals surface area contributed by atoms with Gasteiger partial charge in [-0.25, -0.2) is 4.52 Å². The number of amides is 1. The van der Waals surface area contributed by atoms with E-state index in [1.807, 2.05) is 65.5 Å². The van der Waals surface area contributed by atoms with Gasteiger partial charge in [0.2, 0.25) is 5.91 Å². The van der Waals surface area contributed by atoms with E-state index in [0.717, 1.165) is 16.6 Å². The highest BCUT2D eigenvalue weighted by Gasteiger charge is 2.25. The van der Waals surface area contributed by atoms with Crippen LogP contribution in [0.2, 0.25) is 0 Å². The molecule has 0 fully saturated rings. The van der Waals surface area contributed by atoms with Gasteiger partial charge in [0.15, 0.2) is 5.65 Å². The summed E-state index contributed by atoms with van der Waals surface area (Å²) in [7, 11) is 0. The van der Waals surface area contributed by atoms with Crippen molar-refractivity contribution >= 4 is 22.5 Å². The average molecular weight is 402 g/mol. The Bertz CT molecular complexity index is 1260. The molecule has 2 unspecified atom stereocenters. The number of nitrogens with zero attached hydrogens (tertiary/aromatic N) is 3. The van der Waals surface area contributed by atoms with Crippen LogP contribution in [0.15, 0.2) is 65.5 Å². The maximum atomic E-state index is 13.2. The normalized spacial score (nSPS) is 13.4. The lowest BCUT2D eigenvalue weighted by atomic mass is 10.0. The van der Waals surface area contributed by atoms with Crippen LogP contribution in [0.25, 0.3) is 16.6 Å². The van der Waals surface area contributed by atoms with Gasteiger partial charge in [-0.3, -0.25) is 14.3 Å². The first-order valence-corrected chi connectivity index (χ1v) is 10.3. The first-order chi connectivity index (χ1) is 14.5. The topological polar surface area (TPSA) is 68.4 Å². The van der Waals surface area contributed by atoms with Crippen LogP contribution in [-0.2, 0) is 4.79 Å². The second-order valence-electron chi connectivity index (χ2n) is 7.71. The fourth-order valence-electron chi connectivity index (χ4n) is 4.06. The van der Waals surface area contributed by atoms with Crippen LogP contribution in [-0.4, -0.2) is 26.6 Å². The Kier molecular flexibility index (Phi) is 5.40. The van der Waals surface area contributed by atoms with Crippen molar-refractivity contribution in [1.29, 1.82) is 0 Å². The molecule has 4 rings (SSSR count). The number of hydrogen-bond acceptors (Lipinski definition) is 3. The highest BCUT2D eigenvalue weighted by Crippen LogP contribution is 2.26. The van der Waals surface area contributed by atoms with Crippen LogP contribution in [0, 0.1) is 6.92 Å². The zero-order chi connectivity index (χ0) is 21.3. The molecular weight excluding hydrogens is 376 g/mol. The molecule has 0 aliphatic heterocycles. The minimum Gasteiger partial charge on any atom is -0.354 e. The first kappa shape index (κ1) is 19.9. The second-order valence-corrected chi connectivity index (χ2v) is 7.71. The summed E-state index contributed by atoms with van der Waals surface area (Å²) in [4.78, 5) is 29.5. The first-order valence-electron chi connectivity index (χ1n) is 10.3. The molecule has 2 heterocycles. The Labute approximate surface area is 175 Å². The van der Waals surface area contributed by atoms with Crippen LogP contribution in [0.3, 0.4) is 0 Å². The van der Waals surface area contributed by atoms with Crippen LogP contribution in [0.1, 0.15) is 43.5 Å². The van der Waals surface area contributed by atoms with Crippen molar-refractivity contribution in [1.82, 2.24) is 19.5 Å². The molecule has 30 heavy (non-hydrogen) atoms. The third-order valence-electron chi connectivity index (χ3n) is 5.63. The van der Waals surface area contributed by atoms with Crippen molar-refractivity contribution in [3.8, 4) is 0 Å². The Morgan fingerprint density at radius 1 is 1.10 bits per heavy atom. The Morgan fingerprint density at radius 2 is 1.80 bits per heavy atom. The molecule has 0 bridgehead atoms. The summed E-state index contributed by atoms with van der Waals surface area (Å²) in [6, 6.07) is 19.0. The highest BCUT2D eigenvalue weighted by molar-refractivity contribution is 5.94. The molecule has 2 atom stereocenters. The van der Waals surface area contributed by atoms with E-state index in [1.165, 1.54) is 11.6 Å². The number of benzene rings is 2. The molecular formula is C24H26N4O2. The third-order valence-corrected chi connectivity index (χ3v) is 5.63. The fourth-order valence-corrected chi connectivity index (χ4v) is 4.06. The van der Waals surface area contributed by atoms with Crippen LogP contribution in [0.4, 0.5) is 0 Å². The summed E-state index contributed by atoms with van der Waals surface area (Å²) >= 11 is 0. The molecule has 0 radical (unpaired) electrons. The number of nitrogens with one attached hydrogen (secondary N) is 1. The molecule has 0 saturated heterocycles. The Balaban J connectivity index is 1.72. The minimum absolute atomic E-state index is 0.0407. The number of fused-ring (bicyclic) bond motifs is 3. The quantitative estimate of drug-likeness (QED) is 0.533. The van der Waals surface area contributed by atoms with Gasteiger partial charge in [0.1, 0.15) is 6.04 Å². The summed E-state index contributed by atoms with van der Waals surface area (Å²) in [5.41, 5.74) is 3.14. The number of carbonyl (C=O) groups excluding carboxylic acids is 1. The number of para-hydroxylation sites is 1. The molecule has 0 aliphatic carbocycles. The second kappa shape index (κ2) is 8.14. The summed E-state index contributed by atoms with van der Waals surface area (Å²) in [5.74, 6) is 0.172. The molecule has 1 N–H and O–H groups in total. The van der Waals surface area contributed by atoms with E-state index in [2.05, 4.69) is 29.4 Å². The number of hydrogen-bond donors (Lipinski definition) is 1. The maximum Gasteiger partial charge on any atom is 0.273 e. The van der Waals surface area contributed by atoms with Gasteiger partial charge in [0, 0.05) is 23.7 Å². The van der Waals surface area contributed by atoms with Gasteiger partial charge in [-0.05, 0) is 37.0 Å². The van der Waals surface area contributed by atoms with Crippen molar-refractivity contribution in [2.45, 2.75) is 39.2 Å². The van der Waals surface area contributed by atoms with E-state index in [9.17, 15) is 9.59 Å². The fraction of sp³-hybridized carbons (Fsp3) is 0.292. The van der Waals surface area contributed by atoms with Gasteiger partial charge < -0.3 is 5.32 Å². The lowest BCUT2D eigenvalue weighted by molar-refractivity contribution is -0.124. The molecule has 6 heteroatoms. The molecule has 2 aromatic carbocycles. The van der Waals surface area contributed by atoms with Gasteiger partial charge in [-0.1, -0.05) is 56.3 Å². The van der Waals surface area contributed by atoms with E-state index in [1.54, 1.807) is 0 Å². The van der Waals surface area contributed by atoms with E-state index >= 15 is 0 Å². The van der Waals surface area contributed by atoms with Crippen LogP contribution in [0.5, 0.6) is 0 Å². The monoisotopic (exact) mass is 402 g/mol. The minimum atomic E-state index is -0.418. The van der Waals surface area contributed by atoms with Crippen molar-refractivity contribution in [3.05, 3.63) is 82.3 Å². The highest BCUT2D eigenvalue weighted by atomic mass is 16.2. The molecule has 0 saturated carbocycles. The Hall–Kier alpha value is -3.41. The lowest BCUT2D eigenvalue weighted by Gasteiger charge is -2.22. The van der Waals surface area contributed by atoms with Gasteiger partial charge in [0.05, 0.1) is 5.52 Å². The van der Waals surface area contributed by atoms with Gasteiger partial charge in [-0.15, -0.1) is 0 Å². The standard InChI is InChI=1S/C24H26N4O2/c1-4-20(24(30)25-15-16(2)18-10-6-5-7-11-18)28-21-13-9-8-12-19(21)23-26-22(29)14-17(3)27(23)28/h5-14,16,20H,4,15H2,1-3H3,(H,25,30). The SMILES string of the molecule is CCC(C(=O)NCC(C)c1ccccc1)n1c2ccccc2c2nc(=O)cc(C)n21. The summed E-state index contributed by atoms with van der Waals surface area (Å²) < 4.78 is 3.86. The number of carbonyl (C=O) groups is 1. The molecule has 0 spiro atoms. The third kappa shape index (κ3) is 3.49. The Morgan fingerprint density at radius 3 is 2.53 bits per heavy atom. The molecule has 154 valence electrons. The van der Waals surface area contributed by atoms with Crippen LogP contribution < -0.4 is 10.9 Å². The predicted octanol–water partition coefficient (Wildman–Crippen LogP) is 3.83. The summed E-state index contributed by atoms with van der Waals surface area (Å²) in [6.45, 7) is 6.53. The van der Waals surface area contributed by atoms with E-state index in [-0.39, 0.29) is 17.4 Å². The zero-order valence-corrected chi connectivity index (χ0v) is 17.5. The number of rotatable bonds is 6. The lowest BCUT2D eigenvalue weighted by Crippen LogP contribution is -2.36. The molecule has 2 aromatic heterocycles. The molecule has 4 aromatic rings. The molecule has 0 aliphatic rings. The van der Waals surface area contributed by atoms with Crippen molar-refractivity contribution in [3.63, 3.8) is 0 Å². The number of aryl methyl sites for hydroxylation is 1. The zero-order valence-electron chi connectivity index (χ0n) is 17.5. The number of aromatic nitrogens is 3. The van der Waals surface area contributed by atoms with E-state index < -0.39 is 6.04 Å². The van der Waals surface area contributed by atoms with Gasteiger partial charge in [0.25, 0.3) is 5.56 Å². The summed E-state index contributed by atoms with van der Waals surface area (Å²) in [5, 5.41) is 3.99. The average Bonchev–Trinajstić information content (AvgIpc) is 3.08. The van der Waals surface area contributed by atoms with Crippen molar-refractivity contribution in [2.24, 2.45) is 0 Å². The van der Waals surface area contributed by atoms with Crippen molar-refractivity contribution < 1.29 is 4.79 Å². The van der Waals surface area contributed by atoms with Gasteiger partial charge >= 0.3 is 0 Å².